The third-order valence-electron chi connectivity index (χ3n) is 11.8. The number of allylic oxidation sites excluding steroid dienone is 1. The molecule has 0 saturated carbocycles. The third kappa shape index (κ3) is 4.69. The minimum atomic E-state index is -0.720. The molecule has 10 aromatic rings. The third-order valence-corrected chi connectivity index (χ3v) is 11.8. The van der Waals surface area contributed by atoms with E-state index in [0.717, 1.165) is 72.6 Å². The lowest BCUT2D eigenvalue weighted by Gasteiger charge is -2.31. The maximum Gasteiger partial charge on any atom is 0.116 e. The zero-order valence-corrected chi connectivity index (χ0v) is 31.3. The maximum absolute atomic E-state index is 7.21. The van der Waals surface area contributed by atoms with E-state index in [1.54, 1.807) is 0 Å². The molecule has 6 aromatic carbocycles. The second-order valence-electron chi connectivity index (χ2n) is 14.7. The Morgan fingerprint density at radius 3 is 1.63 bits per heavy atom. The van der Waals surface area contributed by atoms with Crippen molar-refractivity contribution >= 4 is 44.6 Å². The number of rotatable bonds is 6. The summed E-state index contributed by atoms with van der Waals surface area (Å²) >= 11 is 0. The van der Waals surface area contributed by atoms with Crippen molar-refractivity contribution in [1.29, 1.82) is 0 Å². The van der Waals surface area contributed by atoms with Crippen molar-refractivity contribution in [3.63, 3.8) is 0 Å². The average Bonchev–Trinajstić information content (AvgIpc) is 3.88. The predicted molar refractivity (Wildman–Crippen MR) is 235 cm³/mol. The largest absolute Gasteiger partial charge is 0.384 e. The van der Waals surface area contributed by atoms with Gasteiger partial charge in [-0.1, -0.05) is 121 Å². The first-order valence-corrected chi connectivity index (χ1v) is 19.4. The number of nitrogens with two attached hydrogens (primary N) is 1. The number of fused-ring (bicyclic) bond motifs is 8. The van der Waals surface area contributed by atoms with Gasteiger partial charge in [-0.15, -0.1) is 0 Å². The highest BCUT2D eigenvalue weighted by atomic mass is 15.1. The van der Waals surface area contributed by atoms with Gasteiger partial charge in [-0.25, -0.2) is 0 Å². The van der Waals surface area contributed by atoms with E-state index >= 15 is 0 Å². The number of hydrogen-bond donors (Lipinski definition) is 1. The van der Waals surface area contributed by atoms with Crippen LogP contribution in [0.2, 0.25) is 0 Å². The van der Waals surface area contributed by atoms with Crippen LogP contribution >= 0.6 is 0 Å². The molecule has 5 heteroatoms. The van der Waals surface area contributed by atoms with Crippen LogP contribution < -0.4 is 5.73 Å². The van der Waals surface area contributed by atoms with Crippen molar-refractivity contribution in [2.24, 2.45) is 0 Å². The van der Waals surface area contributed by atoms with Crippen LogP contribution in [-0.2, 0) is 5.41 Å². The lowest BCUT2D eigenvalue weighted by atomic mass is 9.72. The molecule has 4 aromatic heterocycles. The fourth-order valence-electron chi connectivity index (χ4n) is 9.45. The van der Waals surface area contributed by atoms with Crippen LogP contribution in [0.4, 0.5) is 5.82 Å². The molecule has 0 aliphatic heterocycles. The van der Waals surface area contributed by atoms with Crippen LogP contribution in [0.1, 0.15) is 35.0 Å². The van der Waals surface area contributed by atoms with Gasteiger partial charge in [0, 0.05) is 51.1 Å². The van der Waals surface area contributed by atoms with Crippen LogP contribution in [0.15, 0.2) is 188 Å². The SMILES string of the molecule is C/C=C\c1c(N)n(-c2ccc(-c3ccc(-n4c5ccccc5c5ccccc54)cc3)cc2)c2c3c(ccc12)C(c1ccccn1)(c1ccccn1)c1ccccc1-3. The molecule has 11 rings (SSSR count). The first kappa shape index (κ1) is 32.9. The van der Waals surface area contributed by atoms with E-state index in [0.29, 0.717) is 5.82 Å². The Balaban J connectivity index is 1.08. The van der Waals surface area contributed by atoms with Crippen LogP contribution in [0.5, 0.6) is 0 Å². The highest BCUT2D eigenvalue weighted by molar-refractivity contribution is 6.10. The van der Waals surface area contributed by atoms with Gasteiger partial charge >= 0.3 is 0 Å². The fraction of sp³-hybridized carbons (Fsp3) is 0.0385. The number of aromatic nitrogens is 4. The average molecular weight is 732 g/mol. The van der Waals surface area contributed by atoms with Gasteiger partial charge in [0.1, 0.15) is 11.2 Å². The molecule has 5 nitrogen and oxygen atoms in total. The molecular weight excluding hydrogens is 695 g/mol. The summed E-state index contributed by atoms with van der Waals surface area (Å²) in [4.78, 5) is 10.0. The molecule has 0 fully saturated rings. The van der Waals surface area contributed by atoms with Gasteiger partial charge in [0.05, 0.1) is 27.9 Å². The van der Waals surface area contributed by atoms with E-state index < -0.39 is 5.41 Å². The van der Waals surface area contributed by atoms with Crippen LogP contribution in [-0.4, -0.2) is 19.1 Å². The number of pyridine rings is 2. The van der Waals surface area contributed by atoms with Gasteiger partial charge in [0.2, 0.25) is 0 Å². The number of benzene rings is 6. The van der Waals surface area contributed by atoms with Gasteiger partial charge in [-0.3, -0.25) is 14.5 Å². The van der Waals surface area contributed by atoms with Crippen molar-refractivity contribution in [1.82, 2.24) is 19.1 Å². The van der Waals surface area contributed by atoms with Crippen molar-refractivity contribution in [3.05, 3.63) is 216 Å². The highest BCUT2D eigenvalue weighted by Crippen LogP contribution is 2.58. The Labute approximate surface area is 330 Å². The molecule has 0 saturated heterocycles. The topological polar surface area (TPSA) is 61.7 Å². The standard InChI is InChI=1S/C52H37N5/c1-2-13-41-40-30-31-44-49(42-16-3-6-17-43(42)52(44,47-20-9-11-32-54-47)48-21-10-12-33-55-48)50(40)57(51(41)53)37-28-24-35(25-29-37)34-22-26-36(27-23-34)56-45-18-7-4-14-38(45)39-15-5-8-19-46(39)56/h2-33H,53H2,1H3/b13-2-. The Morgan fingerprint density at radius 1 is 0.509 bits per heavy atom. The molecule has 270 valence electrons. The molecule has 0 spiro atoms. The molecule has 0 radical (unpaired) electrons. The molecule has 57 heavy (non-hydrogen) atoms. The van der Waals surface area contributed by atoms with Crippen molar-refractivity contribution < 1.29 is 0 Å². The molecular formula is C52H37N5. The summed E-state index contributed by atoms with van der Waals surface area (Å²) < 4.78 is 4.59. The lowest BCUT2D eigenvalue weighted by molar-refractivity contribution is 0.706. The van der Waals surface area contributed by atoms with E-state index in [4.69, 9.17) is 15.7 Å². The van der Waals surface area contributed by atoms with E-state index in [-0.39, 0.29) is 0 Å². The summed E-state index contributed by atoms with van der Waals surface area (Å²) in [6.45, 7) is 2.04. The fourth-order valence-corrected chi connectivity index (χ4v) is 9.45. The molecule has 1 aliphatic carbocycles. The van der Waals surface area contributed by atoms with Crippen molar-refractivity contribution in [3.8, 4) is 33.6 Å². The summed E-state index contributed by atoms with van der Waals surface area (Å²) in [5, 5.41) is 3.62. The minimum Gasteiger partial charge on any atom is -0.384 e. The van der Waals surface area contributed by atoms with Gasteiger partial charge in [-0.05, 0) is 95.4 Å². The monoisotopic (exact) mass is 731 g/mol. The van der Waals surface area contributed by atoms with E-state index in [1.165, 1.54) is 21.8 Å². The van der Waals surface area contributed by atoms with Crippen LogP contribution in [0.25, 0.3) is 72.4 Å². The zero-order chi connectivity index (χ0) is 38.1. The van der Waals surface area contributed by atoms with E-state index in [1.807, 2.05) is 31.5 Å². The smallest absolute Gasteiger partial charge is 0.116 e. The predicted octanol–water partition coefficient (Wildman–Crippen LogP) is 12.2. The van der Waals surface area contributed by atoms with Gasteiger partial charge in [0.15, 0.2) is 0 Å². The van der Waals surface area contributed by atoms with Gasteiger partial charge < -0.3 is 10.3 Å². The molecule has 1 aliphatic rings. The first-order chi connectivity index (χ1) is 28.2. The Bertz CT molecular complexity index is 3080. The summed E-state index contributed by atoms with van der Waals surface area (Å²) in [7, 11) is 0. The number of nitrogen functional groups attached to an aromatic ring is 1. The number of para-hydroxylation sites is 2. The molecule has 0 atom stereocenters. The van der Waals surface area contributed by atoms with Crippen LogP contribution in [0.3, 0.4) is 0 Å². The molecule has 2 N–H and O–H groups in total. The minimum absolute atomic E-state index is 0.699. The molecule has 0 amide bonds. The second-order valence-corrected chi connectivity index (χ2v) is 14.7. The maximum atomic E-state index is 7.21. The Hall–Kier alpha value is -7.50. The van der Waals surface area contributed by atoms with E-state index in [2.05, 4.69) is 179 Å². The Morgan fingerprint density at radius 2 is 1.05 bits per heavy atom. The Kier molecular flexibility index (Phi) is 7.38. The van der Waals surface area contributed by atoms with E-state index in [9.17, 15) is 0 Å². The quantitative estimate of drug-likeness (QED) is 0.185. The number of nitrogens with zero attached hydrogens (tertiary/aromatic N) is 4. The number of anilines is 1. The van der Waals surface area contributed by atoms with Crippen molar-refractivity contribution in [2.75, 3.05) is 5.73 Å². The van der Waals surface area contributed by atoms with Crippen molar-refractivity contribution in [2.45, 2.75) is 12.3 Å². The summed E-state index contributed by atoms with van der Waals surface area (Å²) in [6, 6.07) is 60.5. The molecule has 0 unspecified atom stereocenters. The van der Waals surface area contributed by atoms with Gasteiger partial charge in [0.25, 0.3) is 0 Å². The van der Waals surface area contributed by atoms with Crippen LogP contribution in [0, 0.1) is 0 Å². The second kappa shape index (κ2) is 12.8. The zero-order valence-electron chi connectivity index (χ0n) is 31.3. The molecule has 0 bridgehead atoms. The summed E-state index contributed by atoms with van der Waals surface area (Å²) in [5.41, 5.74) is 21.9. The summed E-state index contributed by atoms with van der Waals surface area (Å²) in [6.07, 6.45) is 7.95. The first-order valence-electron chi connectivity index (χ1n) is 19.4. The number of hydrogen-bond acceptors (Lipinski definition) is 3. The highest BCUT2D eigenvalue weighted by Gasteiger charge is 2.49. The summed E-state index contributed by atoms with van der Waals surface area (Å²) in [5.74, 6) is 0.699. The van der Waals surface area contributed by atoms with Gasteiger partial charge in [-0.2, -0.15) is 0 Å². The molecule has 4 heterocycles. The normalized spacial score (nSPS) is 13.1. The lowest BCUT2D eigenvalue weighted by Crippen LogP contribution is -2.30.